The maximum Gasteiger partial charge on any atom is 1.00 e. The van der Waals surface area contributed by atoms with E-state index in [1.54, 1.807) is 6.92 Å². The summed E-state index contributed by atoms with van der Waals surface area (Å²) in [6.07, 6.45) is 0. The Kier molecular flexibility index (Phi) is 4.80. The summed E-state index contributed by atoms with van der Waals surface area (Å²) >= 11 is 0. The predicted molar refractivity (Wildman–Crippen MR) is 35.3 cm³/mol. The minimum atomic E-state index is 0. The first-order valence-electron chi connectivity index (χ1n) is 3.19. The third kappa shape index (κ3) is 2.74. The van der Waals surface area contributed by atoms with Crippen molar-refractivity contribution in [2.24, 2.45) is 0 Å². The molecule has 0 bridgehead atoms. The number of carbonyl (C=O) groups is 1. The number of hydrogen-bond acceptors (Lipinski definition) is 1. The molecule has 1 amide bonds. The first-order valence-corrected chi connectivity index (χ1v) is 3.19. The standard InChI is InChI=1S/C6H11N2O.Li/c1-6(9)8-4-2-7-3-5-8;/h2-5H2,1H3;/q-1;+1. The van der Waals surface area contributed by atoms with Crippen LogP contribution in [0.4, 0.5) is 0 Å². The Balaban J connectivity index is 0.000000810. The van der Waals surface area contributed by atoms with Crippen LogP contribution in [0.1, 0.15) is 6.92 Å². The van der Waals surface area contributed by atoms with Gasteiger partial charge in [0.15, 0.2) is 0 Å². The van der Waals surface area contributed by atoms with E-state index in [0.29, 0.717) is 0 Å². The molecule has 1 aliphatic heterocycles. The van der Waals surface area contributed by atoms with Crippen LogP contribution in [0, 0.1) is 0 Å². The van der Waals surface area contributed by atoms with E-state index in [2.05, 4.69) is 5.32 Å². The third-order valence-corrected chi connectivity index (χ3v) is 1.50. The molecule has 0 aromatic rings. The summed E-state index contributed by atoms with van der Waals surface area (Å²) in [5, 5.41) is 4.12. The van der Waals surface area contributed by atoms with Gasteiger partial charge in [-0.25, -0.2) is 0 Å². The zero-order valence-corrected chi connectivity index (χ0v) is 6.63. The van der Waals surface area contributed by atoms with Gasteiger partial charge in [0.2, 0.25) is 5.91 Å². The van der Waals surface area contributed by atoms with Crippen molar-refractivity contribution in [2.45, 2.75) is 6.92 Å². The van der Waals surface area contributed by atoms with Gasteiger partial charge in [-0.05, 0) is 0 Å². The van der Waals surface area contributed by atoms with E-state index < -0.39 is 0 Å². The van der Waals surface area contributed by atoms with Gasteiger partial charge in [0.05, 0.1) is 0 Å². The molecular weight excluding hydrogens is 123 g/mol. The molecule has 0 N–H and O–H groups in total. The van der Waals surface area contributed by atoms with Crippen LogP contribution in [-0.4, -0.2) is 37.0 Å². The quantitative estimate of drug-likeness (QED) is 0.330. The molecule has 52 valence electrons. The Morgan fingerprint density at radius 3 is 2.20 bits per heavy atom. The van der Waals surface area contributed by atoms with Crippen molar-refractivity contribution in [1.29, 1.82) is 0 Å². The molecule has 0 atom stereocenters. The minimum absolute atomic E-state index is 0. The molecule has 0 aromatic carbocycles. The molecule has 3 nitrogen and oxygen atoms in total. The van der Waals surface area contributed by atoms with Crippen molar-refractivity contribution >= 4 is 5.91 Å². The van der Waals surface area contributed by atoms with Crippen LogP contribution < -0.4 is 18.9 Å². The fourth-order valence-corrected chi connectivity index (χ4v) is 0.921. The van der Waals surface area contributed by atoms with Crippen LogP contribution in [0.15, 0.2) is 0 Å². The van der Waals surface area contributed by atoms with Crippen molar-refractivity contribution in [3.8, 4) is 0 Å². The van der Waals surface area contributed by atoms with Gasteiger partial charge in [-0.2, -0.15) is 0 Å². The normalized spacial score (nSPS) is 17.9. The van der Waals surface area contributed by atoms with Gasteiger partial charge in [-0.15, -0.1) is 13.1 Å². The Morgan fingerprint density at radius 1 is 1.40 bits per heavy atom. The van der Waals surface area contributed by atoms with Gasteiger partial charge in [-0.1, -0.05) is 0 Å². The maximum absolute atomic E-state index is 10.7. The molecule has 4 heteroatoms. The molecule has 0 radical (unpaired) electrons. The fourth-order valence-electron chi connectivity index (χ4n) is 0.921. The van der Waals surface area contributed by atoms with E-state index in [0.717, 1.165) is 26.2 Å². The van der Waals surface area contributed by atoms with E-state index in [-0.39, 0.29) is 24.8 Å². The van der Waals surface area contributed by atoms with Crippen molar-refractivity contribution < 1.29 is 23.7 Å². The summed E-state index contributed by atoms with van der Waals surface area (Å²) in [6, 6.07) is 0. The number of rotatable bonds is 0. The van der Waals surface area contributed by atoms with Crippen molar-refractivity contribution in [2.75, 3.05) is 26.2 Å². The molecular formula is C6H11LiN2O. The molecule has 1 aliphatic rings. The molecule has 0 aliphatic carbocycles. The van der Waals surface area contributed by atoms with E-state index in [1.807, 2.05) is 4.90 Å². The Bertz CT molecular complexity index is 112. The van der Waals surface area contributed by atoms with Crippen LogP contribution in [0.3, 0.4) is 0 Å². The first-order chi connectivity index (χ1) is 4.30. The van der Waals surface area contributed by atoms with Crippen LogP contribution in [-0.2, 0) is 4.79 Å². The summed E-state index contributed by atoms with van der Waals surface area (Å²) < 4.78 is 0. The van der Waals surface area contributed by atoms with Gasteiger partial charge in [0.1, 0.15) is 0 Å². The molecule has 1 saturated heterocycles. The summed E-state index contributed by atoms with van der Waals surface area (Å²) in [4.78, 5) is 12.5. The molecule has 0 unspecified atom stereocenters. The molecule has 0 aromatic heterocycles. The van der Waals surface area contributed by atoms with E-state index in [9.17, 15) is 4.79 Å². The van der Waals surface area contributed by atoms with Crippen LogP contribution in [0.2, 0.25) is 0 Å². The smallest absolute Gasteiger partial charge is 0.659 e. The van der Waals surface area contributed by atoms with E-state index in [4.69, 9.17) is 0 Å². The molecule has 1 rings (SSSR count). The minimum Gasteiger partial charge on any atom is -0.659 e. The van der Waals surface area contributed by atoms with E-state index >= 15 is 0 Å². The zero-order valence-electron chi connectivity index (χ0n) is 6.63. The number of hydrogen-bond donors (Lipinski definition) is 0. The average Bonchev–Trinajstić information content (AvgIpc) is 1.90. The average molecular weight is 134 g/mol. The summed E-state index contributed by atoms with van der Waals surface area (Å²) in [6.45, 7) is 4.87. The number of nitrogens with zero attached hydrogens (tertiary/aromatic N) is 2. The summed E-state index contributed by atoms with van der Waals surface area (Å²) in [7, 11) is 0. The molecule has 0 spiro atoms. The Labute approximate surface area is 73.3 Å². The molecule has 10 heavy (non-hydrogen) atoms. The second kappa shape index (κ2) is 4.78. The van der Waals surface area contributed by atoms with Gasteiger partial charge >= 0.3 is 18.9 Å². The Hall–Kier alpha value is 0.0274. The van der Waals surface area contributed by atoms with Crippen LogP contribution in [0.5, 0.6) is 0 Å². The molecule has 0 saturated carbocycles. The van der Waals surface area contributed by atoms with Crippen molar-refractivity contribution in [3.05, 3.63) is 5.32 Å². The zero-order chi connectivity index (χ0) is 6.69. The second-order valence-electron chi connectivity index (χ2n) is 2.18. The van der Waals surface area contributed by atoms with Gasteiger partial charge in [0.25, 0.3) is 0 Å². The second-order valence-corrected chi connectivity index (χ2v) is 2.18. The van der Waals surface area contributed by atoms with Gasteiger partial charge in [0, 0.05) is 20.0 Å². The summed E-state index contributed by atoms with van der Waals surface area (Å²) in [5.74, 6) is 0.171. The third-order valence-electron chi connectivity index (χ3n) is 1.50. The fraction of sp³-hybridized carbons (Fsp3) is 0.833. The number of carbonyl (C=O) groups excluding carboxylic acids is 1. The van der Waals surface area contributed by atoms with Crippen LogP contribution in [0.25, 0.3) is 5.32 Å². The number of amides is 1. The van der Waals surface area contributed by atoms with Crippen molar-refractivity contribution in [3.63, 3.8) is 0 Å². The monoisotopic (exact) mass is 134 g/mol. The maximum atomic E-state index is 10.7. The van der Waals surface area contributed by atoms with Crippen molar-refractivity contribution in [1.82, 2.24) is 4.90 Å². The van der Waals surface area contributed by atoms with Gasteiger partial charge in [-0.3, -0.25) is 4.79 Å². The predicted octanol–water partition coefficient (Wildman–Crippen LogP) is -2.77. The molecule has 1 heterocycles. The topological polar surface area (TPSA) is 34.4 Å². The Morgan fingerprint density at radius 2 is 1.90 bits per heavy atom. The first kappa shape index (κ1) is 10.0. The van der Waals surface area contributed by atoms with E-state index in [1.165, 1.54) is 0 Å². The largest absolute Gasteiger partial charge is 1.00 e. The SMILES string of the molecule is CC(=O)N1CC[N-]CC1.[Li+]. The van der Waals surface area contributed by atoms with Gasteiger partial charge < -0.3 is 10.2 Å². The number of piperazine rings is 1. The van der Waals surface area contributed by atoms with Crippen LogP contribution >= 0.6 is 0 Å². The summed E-state index contributed by atoms with van der Waals surface area (Å²) in [5.41, 5.74) is 0. The molecule has 1 fully saturated rings.